The van der Waals surface area contributed by atoms with E-state index in [1.54, 1.807) is 7.05 Å². The van der Waals surface area contributed by atoms with E-state index in [2.05, 4.69) is 10.1 Å². The largest absolute Gasteiger partial charge is 0.483 e. The van der Waals surface area contributed by atoms with Crippen molar-refractivity contribution in [3.05, 3.63) is 65.9 Å². The van der Waals surface area contributed by atoms with Gasteiger partial charge in [-0.1, -0.05) is 47.6 Å². The molecule has 0 aliphatic rings. The van der Waals surface area contributed by atoms with Crippen molar-refractivity contribution in [1.82, 2.24) is 15.0 Å². The lowest BCUT2D eigenvalue weighted by molar-refractivity contribution is -0.132. The van der Waals surface area contributed by atoms with E-state index in [4.69, 9.17) is 9.26 Å². The van der Waals surface area contributed by atoms with Gasteiger partial charge in [-0.3, -0.25) is 4.79 Å². The smallest absolute Gasteiger partial charge is 0.260 e. The molecular formula is C20H17N3O3S. The maximum Gasteiger partial charge on any atom is 0.260 e. The van der Waals surface area contributed by atoms with Crippen LogP contribution in [0.2, 0.25) is 0 Å². The number of rotatable bonds is 6. The lowest BCUT2D eigenvalue weighted by Crippen LogP contribution is -2.31. The molecule has 2 heterocycles. The number of thiophene rings is 1. The molecule has 4 aromatic rings. The Morgan fingerprint density at radius 1 is 1.15 bits per heavy atom. The second-order valence-corrected chi connectivity index (χ2v) is 6.95. The number of amides is 1. The molecule has 0 atom stereocenters. The predicted octanol–water partition coefficient (Wildman–Crippen LogP) is 3.99. The minimum absolute atomic E-state index is 0.0591. The molecule has 0 aliphatic heterocycles. The van der Waals surface area contributed by atoms with Crippen LogP contribution >= 0.6 is 11.3 Å². The van der Waals surface area contributed by atoms with E-state index in [1.165, 1.54) is 16.2 Å². The van der Waals surface area contributed by atoms with Crippen LogP contribution in [0.3, 0.4) is 0 Å². The Morgan fingerprint density at radius 2 is 2.00 bits per heavy atom. The Kier molecular flexibility index (Phi) is 4.84. The van der Waals surface area contributed by atoms with Gasteiger partial charge in [0, 0.05) is 12.4 Å². The summed E-state index contributed by atoms with van der Waals surface area (Å²) >= 11 is 1.54. The molecule has 4 rings (SSSR count). The number of fused-ring (bicyclic) bond motifs is 1. The minimum atomic E-state index is -0.168. The van der Waals surface area contributed by atoms with Crippen LogP contribution in [-0.2, 0) is 11.3 Å². The van der Waals surface area contributed by atoms with Gasteiger partial charge in [-0.25, -0.2) is 0 Å². The predicted molar refractivity (Wildman–Crippen MR) is 104 cm³/mol. The number of ether oxygens (including phenoxy) is 1. The topological polar surface area (TPSA) is 68.5 Å². The molecular weight excluding hydrogens is 362 g/mol. The lowest BCUT2D eigenvalue weighted by Gasteiger charge is -2.16. The molecule has 6 nitrogen and oxygen atoms in total. The van der Waals surface area contributed by atoms with Crippen LogP contribution in [0.25, 0.3) is 21.5 Å². The molecule has 27 heavy (non-hydrogen) atoms. The van der Waals surface area contributed by atoms with Crippen LogP contribution in [0.4, 0.5) is 0 Å². The minimum Gasteiger partial charge on any atom is -0.483 e. The first-order valence-corrected chi connectivity index (χ1v) is 9.29. The highest BCUT2D eigenvalue weighted by Crippen LogP contribution is 2.25. The maximum absolute atomic E-state index is 12.4. The zero-order chi connectivity index (χ0) is 18.6. The van der Waals surface area contributed by atoms with Gasteiger partial charge in [-0.2, -0.15) is 4.98 Å². The molecule has 0 aliphatic carbocycles. The Morgan fingerprint density at radius 3 is 2.85 bits per heavy atom. The first-order chi connectivity index (χ1) is 13.2. The third-order valence-electron chi connectivity index (χ3n) is 4.11. The third kappa shape index (κ3) is 3.83. The summed E-state index contributed by atoms with van der Waals surface area (Å²) in [6, 6.07) is 17.5. The van der Waals surface area contributed by atoms with Gasteiger partial charge in [0.05, 0.1) is 11.4 Å². The fourth-order valence-corrected chi connectivity index (χ4v) is 3.34. The molecule has 0 saturated carbocycles. The van der Waals surface area contributed by atoms with E-state index in [0.29, 0.717) is 17.5 Å². The van der Waals surface area contributed by atoms with Gasteiger partial charge in [0.2, 0.25) is 11.7 Å². The van der Waals surface area contributed by atoms with E-state index in [0.717, 1.165) is 15.6 Å². The highest BCUT2D eigenvalue weighted by atomic mass is 32.1. The summed E-state index contributed by atoms with van der Waals surface area (Å²) in [4.78, 5) is 19.2. The van der Waals surface area contributed by atoms with Crippen molar-refractivity contribution in [1.29, 1.82) is 0 Å². The summed E-state index contributed by atoms with van der Waals surface area (Å²) in [5.41, 5.74) is 0. The van der Waals surface area contributed by atoms with Gasteiger partial charge < -0.3 is 14.2 Å². The summed E-state index contributed by atoms with van der Waals surface area (Å²) < 4.78 is 11.0. The molecule has 2 aromatic heterocycles. The average Bonchev–Trinajstić information content (AvgIpc) is 3.37. The fraction of sp³-hybridized carbons (Fsp3) is 0.150. The molecule has 1 amide bonds. The molecule has 0 fully saturated rings. The van der Waals surface area contributed by atoms with E-state index in [1.807, 2.05) is 60.0 Å². The summed E-state index contributed by atoms with van der Waals surface area (Å²) in [5, 5.41) is 7.96. The van der Waals surface area contributed by atoms with Crippen molar-refractivity contribution >= 4 is 28.0 Å². The summed E-state index contributed by atoms with van der Waals surface area (Å²) in [5.74, 6) is 1.44. The molecule has 136 valence electrons. The van der Waals surface area contributed by atoms with Crippen LogP contribution in [0.1, 0.15) is 5.89 Å². The van der Waals surface area contributed by atoms with Crippen LogP contribution in [0.5, 0.6) is 5.75 Å². The zero-order valence-corrected chi connectivity index (χ0v) is 15.5. The molecule has 0 spiro atoms. The number of carbonyl (C=O) groups excluding carboxylic acids is 1. The molecule has 0 N–H and O–H groups in total. The van der Waals surface area contributed by atoms with Crippen molar-refractivity contribution in [2.75, 3.05) is 13.7 Å². The van der Waals surface area contributed by atoms with Crippen molar-refractivity contribution in [2.24, 2.45) is 0 Å². The Labute approximate surface area is 160 Å². The van der Waals surface area contributed by atoms with E-state index < -0.39 is 0 Å². The van der Waals surface area contributed by atoms with Gasteiger partial charge in [0.25, 0.3) is 5.91 Å². The Hall–Kier alpha value is -3.19. The number of benzene rings is 2. The number of hydrogen-bond acceptors (Lipinski definition) is 6. The molecule has 0 unspecified atom stereocenters. The van der Waals surface area contributed by atoms with Crippen LogP contribution < -0.4 is 4.74 Å². The normalized spacial score (nSPS) is 10.9. The SMILES string of the molecule is CN(Cc1nc(-c2cccs2)no1)C(=O)COc1cccc2ccccc12. The molecule has 0 radical (unpaired) electrons. The van der Waals surface area contributed by atoms with E-state index in [9.17, 15) is 4.79 Å². The Bertz CT molecular complexity index is 1050. The number of hydrogen-bond donors (Lipinski definition) is 0. The van der Waals surface area contributed by atoms with Crippen molar-refractivity contribution in [2.45, 2.75) is 6.54 Å². The Balaban J connectivity index is 1.38. The number of carbonyl (C=O) groups is 1. The highest BCUT2D eigenvalue weighted by Gasteiger charge is 2.16. The third-order valence-corrected chi connectivity index (χ3v) is 4.97. The molecule has 7 heteroatoms. The van der Waals surface area contributed by atoms with Gasteiger partial charge in [-0.15, -0.1) is 11.3 Å². The summed E-state index contributed by atoms with van der Waals surface area (Å²) in [6.07, 6.45) is 0. The number of nitrogens with zero attached hydrogens (tertiary/aromatic N) is 3. The monoisotopic (exact) mass is 379 g/mol. The van der Waals surface area contributed by atoms with Crippen LogP contribution in [0, 0.1) is 0 Å². The van der Waals surface area contributed by atoms with Crippen LogP contribution in [0.15, 0.2) is 64.5 Å². The van der Waals surface area contributed by atoms with Crippen molar-refractivity contribution < 1.29 is 14.1 Å². The van der Waals surface area contributed by atoms with Crippen LogP contribution in [-0.4, -0.2) is 34.6 Å². The number of likely N-dealkylation sites (N-methyl/N-ethyl adjacent to an activating group) is 1. The maximum atomic E-state index is 12.4. The second-order valence-electron chi connectivity index (χ2n) is 6.00. The lowest BCUT2D eigenvalue weighted by atomic mass is 10.1. The van der Waals surface area contributed by atoms with Gasteiger partial charge in [0.1, 0.15) is 5.75 Å². The summed E-state index contributed by atoms with van der Waals surface area (Å²) in [7, 11) is 1.68. The van der Waals surface area contributed by atoms with E-state index >= 15 is 0 Å². The fourth-order valence-electron chi connectivity index (χ4n) is 2.69. The van der Waals surface area contributed by atoms with Crippen molar-refractivity contribution in [3.63, 3.8) is 0 Å². The average molecular weight is 379 g/mol. The first-order valence-electron chi connectivity index (χ1n) is 8.42. The molecule has 0 saturated heterocycles. The summed E-state index contributed by atoms with van der Waals surface area (Å²) in [6.45, 7) is 0.173. The first kappa shape index (κ1) is 17.2. The quantitative estimate of drug-likeness (QED) is 0.507. The zero-order valence-electron chi connectivity index (χ0n) is 14.7. The van der Waals surface area contributed by atoms with E-state index in [-0.39, 0.29) is 19.1 Å². The van der Waals surface area contributed by atoms with Crippen molar-refractivity contribution in [3.8, 4) is 16.5 Å². The second kappa shape index (κ2) is 7.59. The molecule has 0 bridgehead atoms. The molecule has 2 aromatic carbocycles. The highest BCUT2D eigenvalue weighted by molar-refractivity contribution is 7.13. The standard InChI is InChI=1S/C20H17N3O3S/c1-23(12-18-21-20(22-26-18)17-10-5-11-27-17)19(24)13-25-16-9-4-7-14-6-2-3-8-15(14)16/h2-11H,12-13H2,1H3. The number of aromatic nitrogens is 2. The van der Waals surface area contributed by atoms with Gasteiger partial charge in [-0.05, 0) is 22.9 Å². The van der Waals surface area contributed by atoms with Gasteiger partial charge in [0.15, 0.2) is 6.61 Å². The van der Waals surface area contributed by atoms with Gasteiger partial charge >= 0.3 is 0 Å².